The number of carbonyl (C=O) groups excluding carboxylic acids is 1. The van der Waals surface area contributed by atoms with Crippen molar-refractivity contribution in [3.05, 3.63) is 65.5 Å². The van der Waals surface area contributed by atoms with Crippen LogP contribution in [-0.4, -0.2) is 19.1 Å². The summed E-state index contributed by atoms with van der Waals surface area (Å²) in [6, 6.07) is 14.0. The molecule has 0 aliphatic carbocycles. The summed E-state index contributed by atoms with van der Waals surface area (Å²) in [6.07, 6.45) is 1.61. The average Bonchev–Trinajstić information content (AvgIpc) is 2.53. The molecule has 0 aliphatic heterocycles. The number of carbonyl (C=O) groups is 1. The van der Waals surface area contributed by atoms with Crippen molar-refractivity contribution in [2.24, 2.45) is 0 Å². The van der Waals surface area contributed by atoms with Crippen LogP contribution in [0, 0.1) is 12.7 Å². The normalized spacial score (nSPS) is 10.3. The molecule has 1 N–H and O–H groups in total. The van der Waals surface area contributed by atoms with Crippen LogP contribution >= 0.6 is 0 Å². The van der Waals surface area contributed by atoms with Crippen LogP contribution in [0.1, 0.15) is 17.5 Å². The number of halogens is 1. The molecule has 2 aromatic rings. The molecule has 0 saturated heterocycles. The topological polar surface area (TPSA) is 38.3 Å². The number of nitrogens with one attached hydrogen (secondary N) is 1. The highest BCUT2D eigenvalue weighted by atomic mass is 19.1. The molecule has 3 nitrogen and oxygen atoms in total. The Hall–Kier alpha value is -2.36. The lowest BCUT2D eigenvalue weighted by Gasteiger charge is -2.08. The van der Waals surface area contributed by atoms with Gasteiger partial charge in [0.1, 0.15) is 11.6 Å². The third-order valence-corrected chi connectivity index (χ3v) is 3.27. The van der Waals surface area contributed by atoms with Gasteiger partial charge in [-0.25, -0.2) is 4.39 Å². The van der Waals surface area contributed by atoms with Crippen LogP contribution in [0.15, 0.2) is 48.5 Å². The summed E-state index contributed by atoms with van der Waals surface area (Å²) >= 11 is 0. The molecule has 4 heteroatoms. The Kier molecular flexibility index (Phi) is 5.95. The van der Waals surface area contributed by atoms with Gasteiger partial charge >= 0.3 is 0 Å². The molecule has 116 valence electrons. The number of rotatable bonds is 7. The number of amides is 1. The SMILES string of the molecule is Cc1ccc(OCC(=O)NCCCc2ccc(F)cc2)cc1. The highest BCUT2D eigenvalue weighted by Gasteiger charge is 2.02. The van der Waals surface area contributed by atoms with E-state index < -0.39 is 0 Å². The lowest BCUT2D eigenvalue weighted by atomic mass is 10.1. The van der Waals surface area contributed by atoms with Crippen molar-refractivity contribution in [1.82, 2.24) is 5.32 Å². The molecule has 22 heavy (non-hydrogen) atoms. The predicted molar refractivity (Wildman–Crippen MR) is 84.4 cm³/mol. The van der Waals surface area contributed by atoms with Gasteiger partial charge in [0.25, 0.3) is 5.91 Å². The van der Waals surface area contributed by atoms with Crippen LogP contribution in [0.3, 0.4) is 0 Å². The van der Waals surface area contributed by atoms with Gasteiger partial charge in [-0.1, -0.05) is 29.8 Å². The van der Waals surface area contributed by atoms with Crippen molar-refractivity contribution in [3.8, 4) is 5.75 Å². The Morgan fingerprint density at radius 1 is 1.09 bits per heavy atom. The second kappa shape index (κ2) is 8.17. The van der Waals surface area contributed by atoms with E-state index in [1.165, 1.54) is 12.1 Å². The Bertz CT molecular complexity index is 593. The molecule has 1 amide bonds. The second-order valence-electron chi connectivity index (χ2n) is 5.18. The molecule has 0 atom stereocenters. The summed E-state index contributed by atoms with van der Waals surface area (Å²) in [5.74, 6) is 0.317. The Balaban J connectivity index is 1.61. The van der Waals surface area contributed by atoms with Crippen molar-refractivity contribution in [3.63, 3.8) is 0 Å². The van der Waals surface area contributed by atoms with Crippen molar-refractivity contribution >= 4 is 5.91 Å². The maximum atomic E-state index is 12.8. The summed E-state index contributed by atoms with van der Waals surface area (Å²) in [6.45, 7) is 2.59. The van der Waals surface area contributed by atoms with E-state index in [1.54, 1.807) is 12.1 Å². The van der Waals surface area contributed by atoms with E-state index >= 15 is 0 Å². The standard InChI is InChI=1S/C18H20FNO2/c1-14-4-10-17(11-5-14)22-13-18(21)20-12-2-3-15-6-8-16(19)9-7-15/h4-11H,2-3,12-13H2,1H3,(H,20,21). The zero-order valence-corrected chi connectivity index (χ0v) is 12.6. The third kappa shape index (κ3) is 5.56. The van der Waals surface area contributed by atoms with Crippen molar-refractivity contribution < 1.29 is 13.9 Å². The van der Waals surface area contributed by atoms with Gasteiger partial charge in [-0.3, -0.25) is 4.79 Å². The van der Waals surface area contributed by atoms with E-state index in [-0.39, 0.29) is 18.3 Å². The first-order valence-corrected chi connectivity index (χ1v) is 7.34. The lowest BCUT2D eigenvalue weighted by molar-refractivity contribution is -0.123. The molecular weight excluding hydrogens is 281 g/mol. The van der Waals surface area contributed by atoms with Gasteiger partial charge in [0, 0.05) is 6.54 Å². The van der Waals surface area contributed by atoms with E-state index in [1.807, 2.05) is 31.2 Å². The number of aryl methyl sites for hydroxylation is 2. The molecule has 0 saturated carbocycles. The monoisotopic (exact) mass is 301 g/mol. The number of ether oxygens (including phenoxy) is 1. The van der Waals surface area contributed by atoms with Crippen molar-refractivity contribution in [2.75, 3.05) is 13.2 Å². The minimum Gasteiger partial charge on any atom is -0.484 e. The quantitative estimate of drug-likeness (QED) is 0.797. The summed E-state index contributed by atoms with van der Waals surface area (Å²) < 4.78 is 18.2. The molecule has 2 rings (SSSR count). The highest BCUT2D eigenvalue weighted by molar-refractivity contribution is 5.77. The second-order valence-corrected chi connectivity index (χ2v) is 5.18. The fraction of sp³-hybridized carbons (Fsp3) is 0.278. The Morgan fingerprint density at radius 2 is 1.77 bits per heavy atom. The van der Waals surface area contributed by atoms with Gasteiger partial charge in [-0.15, -0.1) is 0 Å². The first kappa shape index (κ1) is 16.0. The Morgan fingerprint density at radius 3 is 2.45 bits per heavy atom. The molecule has 0 spiro atoms. The van der Waals surface area contributed by atoms with Gasteiger partial charge in [0.05, 0.1) is 0 Å². The largest absolute Gasteiger partial charge is 0.484 e. The first-order valence-electron chi connectivity index (χ1n) is 7.34. The third-order valence-electron chi connectivity index (χ3n) is 3.27. The predicted octanol–water partition coefficient (Wildman–Crippen LogP) is 3.26. The van der Waals surface area contributed by atoms with E-state index in [9.17, 15) is 9.18 Å². The van der Waals surface area contributed by atoms with E-state index in [2.05, 4.69) is 5.32 Å². The summed E-state index contributed by atoms with van der Waals surface area (Å²) in [7, 11) is 0. The molecule has 2 aromatic carbocycles. The molecule has 0 fully saturated rings. The van der Waals surface area contributed by atoms with Gasteiger partial charge in [0.2, 0.25) is 0 Å². The fourth-order valence-electron chi connectivity index (χ4n) is 2.01. The van der Waals surface area contributed by atoms with Gasteiger partial charge < -0.3 is 10.1 Å². The fourth-order valence-corrected chi connectivity index (χ4v) is 2.01. The van der Waals surface area contributed by atoms with Crippen LogP contribution in [0.4, 0.5) is 4.39 Å². The summed E-state index contributed by atoms with van der Waals surface area (Å²) in [5.41, 5.74) is 2.21. The smallest absolute Gasteiger partial charge is 0.257 e. The maximum Gasteiger partial charge on any atom is 0.257 e. The molecule has 0 unspecified atom stereocenters. The summed E-state index contributed by atoms with van der Waals surface area (Å²) in [5, 5.41) is 2.81. The van der Waals surface area contributed by atoms with E-state index in [4.69, 9.17) is 4.74 Å². The van der Waals surface area contributed by atoms with Crippen molar-refractivity contribution in [1.29, 1.82) is 0 Å². The molecule has 0 aromatic heterocycles. The molecular formula is C18H20FNO2. The number of benzene rings is 2. The average molecular weight is 301 g/mol. The van der Waals surface area contributed by atoms with Gasteiger partial charge in [-0.05, 0) is 49.6 Å². The van der Waals surface area contributed by atoms with Crippen LogP contribution in [0.5, 0.6) is 5.75 Å². The first-order chi connectivity index (χ1) is 10.6. The van der Waals surface area contributed by atoms with E-state index in [0.717, 1.165) is 24.0 Å². The van der Waals surface area contributed by atoms with Crippen LogP contribution in [0.2, 0.25) is 0 Å². The van der Waals surface area contributed by atoms with Gasteiger partial charge in [-0.2, -0.15) is 0 Å². The lowest BCUT2D eigenvalue weighted by Crippen LogP contribution is -2.29. The van der Waals surface area contributed by atoms with Crippen LogP contribution in [-0.2, 0) is 11.2 Å². The zero-order valence-electron chi connectivity index (χ0n) is 12.6. The van der Waals surface area contributed by atoms with Crippen LogP contribution in [0.25, 0.3) is 0 Å². The van der Waals surface area contributed by atoms with Gasteiger partial charge in [0.15, 0.2) is 6.61 Å². The number of hydrogen-bond acceptors (Lipinski definition) is 2. The molecule has 0 heterocycles. The summed E-state index contributed by atoms with van der Waals surface area (Å²) in [4.78, 5) is 11.7. The van der Waals surface area contributed by atoms with Crippen LogP contribution < -0.4 is 10.1 Å². The number of hydrogen-bond donors (Lipinski definition) is 1. The van der Waals surface area contributed by atoms with E-state index in [0.29, 0.717) is 12.3 Å². The maximum absolute atomic E-state index is 12.8. The highest BCUT2D eigenvalue weighted by Crippen LogP contribution is 2.11. The zero-order chi connectivity index (χ0) is 15.8. The molecule has 0 radical (unpaired) electrons. The minimum absolute atomic E-state index is 0.0135. The van der Waals surface area contributed by atoms with Crippen molar-refractivity contribution in [2.45, 2.75) is 19.8 Å². The Labute approximate surface area is 130 Å². The molecule has 0 aliphatic rings. The minimum atomic E-state index is -0.231. The molecule has 0 bridgehead atoms.